The fourth-order valence-electron chi connectivity index (χ4n) is 3.56. The zero-order valence-corrected chi connectivity index (χ0v) is 19.4. The van der Waals surface area contributed by atoms with Gasteiger partial charge in [0, 0.05) is 5.69 Å². The first-order valence-electron chi connectivity index (χ1n) is 10.6. The maximum absolute atomic E-state index is 13.0. The van der Waals surface area contributed by atoms with Gasteiger partial charge in [0.15, 0.2) is 0 Å². The molecule has 1 aromatic carbocycles. The summed E-state index contributed by atoms with van der Waals surface area (Å²) in [4.78, 5) is 49.6. The van der Waals surface area contributed by atoms with Gasteiger partial charge >= 0.3 is 17.9 Å². The van der Waals surface area contributed by atoms with Crippen LogP contribution >= 0.6 is 0 Å². The number of nitrogens with one attached hydrogen (secondary N) is 1. The number of esters is 2. The lowest BCUT2D eigenvalue weighted by molar-refractivity contribution is -0.146. The van der Waals surface area contributed by atoms with Crippen molar-refractivity contribution in [2.45, 2.75) is 66.6 Å². The van der Waals surface area contributed by atoms with E-state index in [1.807, 2.05) is 13.8 Å². The summed E-state index contributed by atoms with van der Waals surface area (Å²) >= 11 is 0. The van der Waals surface area contributed by atoms with Crippen LogP contribution in [0.3, 0.4) is 0 Å². The van der Waals surface area contributed by atoms with Crippen LogP contribution in [0.15, 0.2) is 29.3 Å². The van der Waals surface area contributed by atoms with Gasteiger partial charge in [-0.3, -0.25) is 9.59 Å². The van der Waals surface area contributed by atoms with Crippen molar-refractivity contribution in [3.05, 3.63) is 40.5 Å². The van der Waals surface area contributed by atoms with Gasteiger partial charge in [0.2, 0.25) is 5.91 Å². The van der Waals surface area contributed by atoms with Crippen LogP contribution in [0.2, 0.25) is 0 Å². The molecule has 0 saturated carbocycles. The molecule has 0 spiro atoms. The molecule has 2 atom stereocenters. The summed E-state index contributed by atoms with van der Waals surface area (Å²) in [6.45, 7) is 10.6. The Balaban J connectivity index is 2.38. The van der Waals surface area contributed by atoms with E-state index >= 15 is 0 Å². The summed E-state index contributed by atoms with van der Waals surface area (Å²) in [5, 5.41) is 12.3. The van der Waals surface area contributed by atoms with Crippen LogP contribution < -0.4 is 5.32 Å². The van der Waals surface area contributed by atoms with Gasteiger partial charge in [0.1, 0.15) is 0 Å². The molecule has 0 fully saturated rings. The SMILES string of the molecule is CC1=C(C)C[C@@H](C(=O)Nc2cc(C(=O)OC(C)C)cc(C(=O)OC(C)C)c2)[C@H](C(=O)O)C1. The van der Waals surface area contributed by atoms with E-state index in [9.17, 15) is 24.3 Å². The van der Waals surface area contributed by atoms with Crippen LogP contribution in [0, 0.1) is 11.8 Å². The molecule has 2 rings (SSSR count). The van der Waals surface area contributed by atoms with Gasteiger partial charge in [-0.2, -0.15) is 0 Å². The highest BCUT2D eigenvalue weighted by Crippen LogP contribution is 2.35. The highest BCUT2D eigenvalue weighted by Gasteiger charge is 2.37. The number of amides is 1. The normalized spacial score (nSPS) is 18.5. The first kappa shape index (κ1) is 25.1. The van der Waals surface area contributed by atoms with E-state index in [1.165, 1.54) is 18.2 Å². The summed E-state index contributed by atoms with van der Waals surface area (Å²) in [7, 11) is 0. The molecule has 174 valence electrons. The first-order chi connectivity index (χ1) is 14.9. The number of anilines is 1. The summed E-state index contributed by atoms with van der Waals surface area (Å²) in [6, 6.07) is 4.16. The molecule has 0 aliphatic heterocycles. The van der Waals surface area contributed by atoms with E-state index in [0.29, 0.717) is 12.8 Å². The Hall–Kier alpha value is -3.16. The number of carbonyl (C=O) groups is 4. The average molecular weight is 446 g/mol. The van der Waals surface area contributed by atoms with Crippen LogP contribution in [0.25, 0.3) is 0 Å². The number of ether oxygens (including phenoxy) is 2. The number of aliphatic carboxylic acids is 1. The average Bonchev–Trinajstić information content (AvgIpc) is 2.68. The maximum Gasteiger partial charge on any atom is 0.338 e. The van der Waals surface area contributed by atoms with Gasteiger partial charge in [-0.25, -0.2) is 9.59 Å². The van der Waals surface area contributed by atoms with E-state index in [4.69, 9.17) is 9.47 Å². The summed E-state index contributed by atoms with van der Waals surface area (Å²) in [5.74, 6) is -4.43. The van der Waals surface area contributed by atoms with Gasteiger partial charge in [-0.1, -0.05) is 11.1 Å². The summed E-state index contributed by atoms with van der Waals surface area (Å²) < 4.78 is 10.4. The smallest absolute Gasteiger partial charge is 0.338 e. The molecule has 0 radical (unpaired) electrons. The third-order valence-corrected chi connectivity index (χ3v) is 5.28. The minimum absolute atomic E-state index is 0.0811. The second-order valence-electron chi connectivity index (χ2n) is 8.72. The molecule has 1 aromatic rings. The van der Waals surface area contributed by atoms with Crippen molar-refractivity contribution in [2.24, 2.45) is 11.8 Å². The number of carboxylic acid groups (broad SMARTS) is 1. The van der Waals surface area contributed by atoms with Crippen molar-refractivity contribution in [3.63, 3.8) is 0 Å². The Morgan fingerprint density at radius 1 is 0.844 bits per heavy atom. The van der Waals surface area contributed by atoms with E-state index < -0.39 is 35.7 Å². The third kappa shape index (κ3) is 6.42. The molecule has 2 N–H and O–H groups in total. The van der Waals surface area contributed by atoms with Crippen LogP contribution in [0.5, 0.6) is 0 Å². The third-order valence-electron chi connectivity index (χ3n) is 5.28. The number of hydrogen-bond donors (Lipinski definition) is 2. The van der Waals surface area contributed by atoms with Crippen molar-refractivity contribution in [1.82, 2.24) is 0 Å². The molecule has 32 heavy (non-hydrogen) atoms. The van der Waals surface area contributed by atoms with Crippen LogP contribution in [-0.2, 0) is 19.1 Å². The van der Waals surface area contributed by atoms with Crippen LogP contribution in [-0.4, -0.2) is 41.1 Å². The lowest BCUT2D eigenvalue weighted by atomic mass is 9.76. The Morgan fingerprint density at radius 2 is 1.28 bits per heavy atom. The standard InChI is InChI=1S/C24H31NO7/c1-12(2)31-23(29)16-9-17(24(30)32-13(3)4)11-18(10-16)25-21(26)19-7-14(5)15(6)8-20(19)22(27)28/h9-13,19-20H,7-8H2,1-6H3,(H,25,26)(H,27,28)/t19-,20-/m1/s1. The molecule has 0 heterocycles. The zero-order chi connectivity index (χ0) is 24.2. The molecule has 0 saturated heterocycles. The Morgan fingerprint density at radius 3 is 1.69 bits per heavy atom. The van der Waals surface area contributed by atoms with Crippen LogP contribution in [0.4, 0.5) is 5.69 Å². The number of carbonyl (C=O) groups excluding carboxylic acids is 3. The monoisotopic (exact) mass is 445 g/mol. The maximum atomic E-state index is 13.0. The number of carboxylic acids is 1. The molecule has 1 aliphatic carbocycles. The van der Waals surface area contributed by atoms with Crippen molar-refractivity contribution >= 4 is 29.5 Å². The van der Waals surface area contributed by atoms with Crippen molar-refractivity contribution in [3.8, 4) is 0 Å². The van der Waals surface area contributed by atoms with E-state index in [0.717, 1.165) is 11.1 Å². The summed E-state index contributed by atoms with van der Waals surface area (Å²) in [5.41, 5.74) is 2.31. The Bertz CT molecular complexity index is 905. The predicted molar refractivity (Wildman–Crippen MR) is 118 cm³/mol. The Labute approximate surface area is 188 Å². The highest BCUT2D eigenvalue weighted by molar-refractivity contribution is 6.01. The lowest BCUT2D eigenvalue weighted by Crippen LogP contribution is -2.36. The molecular formula is C24H31NO7. The van der Waals surface area contributed by atoms with Crippen molar-refractivity contribution in [2.75, 3.05) is 5.32 Å². The molecule has 0 bridgehead atoms. The molecule has 0 aromatic heterocycles. The van der Waals surface area contributed by atoms with Crippen molar-refractivity contribution < 1.29 is 33.8 Å². The highest BCUT2D eigenvalue weighted by atomic mass is 16.5. The predicted octanol–water partition coefficient (Wildman–Crippen LogP) is 4.20. The Kier molecular flexibility index (Phi) is 8.19. The van der Waals surface area contributed by atoms with E-state index in [1.54, 1.807) is 27.7 Å². The second kappa shape index (κ2) is 10.4. The number of hydrogen-bond acceptors (Lipinski definition) is 6. The fourth-order valence-corrected chi connectivity index (χ4v) is 3.56. The topological polar surface area (TPSA) is 119 Å². The minimum atomic E-state index is -1.03. The molecule has 1 amide bonds. The quantitative estimate of drug-likeness (QED) is 0.477. The zero-order valence-electron chi connectivity index (χ0n) is 19.4. The molecule has 1 aliphatic rings. The number of rotatable bonds is 7. The number of allylic oxidation sites excluding steroid dienone is 2. The summed E-state index contributed by atoms with van der Waals surface area (Å²) in [6.07, 6.45) is -0.121. The largest absolute Gasteiger partial charge is 0.481 e. The second-order valence-corrected chi connectivity index (χ2v) is 8.72. The van der Waals surface area contributed by atoms with Gasteiger partial charge in [-0.15, -0.1) is 0 Å². The molecular weight excluding hydrogens is 414 g/mol. The van der Waals surface area contributed by atoms with E-state index in [-0.39, 0.29) is 29.0 Å². The molecule has 0 unspecified atom stereocenters. The lowest BCUT2D eigenvalue weighted by Gasteiger charge is -2.29. The molecule has 8 nitrogen and oxygen atoms in total. The minimum Gasteiger partial charge on any atom is -0.481 e. The molecule has 8 heteroatoms. The van der Waals surface area contributed by atoms with Crippen LogP contribution in [0.1, 0.15) is 75.1 Å². The van der Waals surface area contributed by atoms with Gasteiger partial charge in [0.25, 0.3) is 0 Å². The van der Waals surface area contributed by atoms with Crippen molar-refractivity contribution in [1.29, 1.82) is 0 Å². The first-order valence-corrected chi connectivity index (χ1v) is 10.6. The van der Waals surface area contributed by atoms with Gasteiger partial charge in [0.05, 0.1) is 35.2 Å². The van der Waals surface area contributed by atoms with E-state index in [2.05, 4.69) is 5.32 Å². The number of benzene rings is 1. The van der Waals surface area contributed by atoms with Gasteiger partial charge in [-0.05, 0) is 72.6 Å². The fraction of sp³-hybridized carbons (Fsp3) is 0.500. The van der Waals surface area contributed by atoms with Gasteiger partial charge < -0.3 is 19.9 Å².